The molecule has 202 valence electrons. The Morgan fingerprint density at radius 2 is 1.87 bits per heavy atom. The Morgan fingerprint density at radius 1 is 1.13 bits per heavy atom. The van der Waals surface area contributed by atoms with Gasteiger partial charge in [-0.1, -0.05) is 17.7 Å². The molecule has 2 aromatic carbocycles. The smallest absolute Gasteiger partial charge is 0.483 e. The van der Waals surface area contributed by atoms with Crippen LogP contribution in [0.5, 0.6) is 17.5 Å². The number of carbonyl (C=O) groups excluding carboxylic acids is 1. The molecule has 1 aliphatic heterocycles. The molecule has 0 unspecified atom stereocenters. The number of nitrogens with zero attached hydrogens (tertiary/aromatic N) is 4. The van der Waals surface area contributed by atoms with Crippen LogP contribution in [0, 0.1) is 13.8 Å². The summed E-state index contributed by atoms with van der Waals surface area (Å²) in [5, 5.41) is 9.29. The van der Waals surface area contributed by atoms with Gasteiger partial charge in [-0.05, 0) is 55.3 Å². The Balaban J connectivity index is 1.25. The van der Waals surface area contributed by atoms with Gasteiger partial charge < -0.3 is 28.6 Å². The molecule has 5 rings (SSSR count). The number of amides is 1. The van der Waals surface area contributed by atoms with Crippen LogP contribution in [0.25, 0.3) is 22.7 Å². The van der Waals surface area contributed by atoms with E-state index in [1.807, 2.05) is 26.0 Å². The number of rotatable bonds is 7. The third-order valence-electron chi connectivity index (χ3n) is 6.24. The fraction of sp³-hybridized carbons (Fsp3) is 0.296. The normalized spacial score (nSPS) is 13.9. The Bertz CT molecular complexity index is 1510. The van der Waals surface area contributed by atoms with Gasteiger partial charge in [0.25, 0.3) is 11.6 Å². The van der Waals surface area contributed by atoms with Gasteiger partial charge in [-0.3, -0.25) is 4.79 Å². The molecule has 1 fully saturated rings. The van der Waals surface area contributed by atoms with Crippen LogP contribution in [0.1, 0.15) is 24.0 Å². The molecule has 0 radical (unpaired) electrons. The van der Waals surface area contributed by atoms with Gasteiger partial charge in [-0.25, -0.2) is 14.8 Å². The van der Waals surface area contributed by atoms with Gasteiger partial charge >= 0.3 is 12.2 Å². The summed E-state index contributed by atoms with van der Waals surface area (Å²) in [4.78, 5) is 38.0. The molecule has 3 heterocycles. The minimum absolute atomic E-state index is 0.104. The minimum Gasteiger partial charge on any atom is -0.483 e. The molecule has 11 nitrogen and oxygen atoms in total. The second-order valence-corrected chi connectivity index (χ2v) is 9.55. The van der Waals surface area contributed by atoms with Crippen molar-refractivity contribution in [3.8, 4) is 29.0 Å². The molecule has 1 saturated heterocycles. The van der Waals surface area contributed by atoms with Crippen molar-refractivity contribution in [2.45, 2.75) is 32.8 Å². The number of aryl methyl sites for hydroxylation is 2. The molecule has 0 aliphatic carbocycles. The van der Waals surface area contributed by atoms with E-state index in [0.29, 0.717) is 53.9 Å². The number of hydrogen-bond acceptors (Lipinski definition) is 9. The maximum absolute atomic E-state index is 12.7. The second-order valence-electron chi connectivity index (χ2n) is 9.11. The number of oxazole rings is 1. The highest BCUT2D eigenvalue weighted by molar-refractivity contribution is 6.30. The molecule has 0 bridgehead atoms. The van der Waals surface area contributed by atoms with Crippen molar-refractivity contribution in [1.82, 2.24) is 19.9 Å². The first-order valence-electron chi connectivity index (χ1n) is 12.2. The molecule has 1 N–H and O–H groups in total. The van der Waals surface area contributed by atoms with Gasteiger partial charge in [0.05, 0.1) is 6.20 Å². The molecular formula is C27H25ClN4O7. The van der Waals surface area contributed by atoms with Gasteiger partial charge in [0, 0.05) is 36.5 Å². The Labute approximate surface area is 228 Å². The summed E-state index contributed by atoms with van der Waals surface area (Å²) in [6.45, 7) is 4.47. The molecule has 2 aromatic heterocycles. The number of carbonyl (C=O) groups is 2. The number of fused-ring (bicyclic) bond motifs is 1. The van der Waals surface area contributed by atoms with E-state index in [4.69, 9.17) is 35.3 Å². The molecule has 12 heteroatoms. The van der Waals surface area contributed by atoms with E-state index in [2.05, 4.69) is 15.0 Å². The fourth-order valence-corrected chi connectivity index (χ4v) is 4.60. The van der Waals surface area contributed by atoms with E-state index < -0.39 is 6.16 Å². The van der Waals surface area contributed by atoms with Crippen molar-refractivity contribution in [3.05, 3.63) is 58.7 Å². The number of halogens is 1. The van der Waals surface area contributed by atoms with E-state index >= 15 is 0 Å². The van der Waals surface area contributed by atoms with Gasteiger partial charge in [-0.15, -0.1) is 0 Å². The summed E-state index contributed by atoms with van der Waals surface area (Å²) in [6.07, 6.45) is 0.774. The number of piperidine rings is 1. The lowest BCUT2D eigenvalue weighted by Gasteiger charge is -2.31. The first-order valence-corrected chi connectivity index (χ1v) is 12.6. The number of likely N-dealkylation sites (tertiary alicyclic amines) is 1. The van der Waals surface area contributed by atoms with Gasteiger partial charge in [-0.2, -0.15) is 4.98 Å². The van der Waals surface area contributed by atoms with Crippen LogP contribution in [-0.4, -0.2) is 62.8 Å². The van der Waals surface area contributed by atoms with Crippen LogP contribution >= 0.6 is 11.6 Å². The summed E-state index contributed by atoms with van der Waals surface area (Å²) in [7, 11) is 0. The molecule has 1 amide bonds. The molecule has 4 aromatic rings. The Morgan fingerprint density at radius 3 is 2.56 bits per heavy atom. The standard InChI is InChI=1S/C27H25ClN4O7/c1-15-10-17(11-16(2)23(15)36-14-22(33)32-8-6-19(7-9-32)38-27(34)35)24-30-21-13-29-26(31-25(21)39-24)37-20-5-3-4-18(28)12-20/h3-5,10-13,19H,6-9,14H2,1-2H3,(H,34,35). The van der Waals surface area contributed by atoms with Gasteiger partial charge in [0.1, 0.15) is 23.1 Å². The topological polar surface area (TPSA) is 137 Å². The van der Waals surface area contributed by atoms with Crippen LogP contribution < -0.4 is 9.47 Å². The number of aromatic nitrogens is 3. The van der Waals surface area contributed by atoms with Crippen LogP contribution in [0.3, 0.4) is 0 Å². The zero-order valence-electron chi connectivity index (χ0n) is 21.2. The van der Waals surface area contributed by atoms with Crippen molar-refractivity contribution in [1.29, 1.82) is 0 Å². The highest BCUT2D eigenvalue weighted by atomic mass is 35.5. The predicted molar refractivity (Wildman–Crippen MR) is 140 cm³/mol. The SMILES string of the molecule is Cc1cc(-c2nc3cnc(Oc4cccc(Cl)c4)nc3o2)cc(C)c1OCC(=O)N1CCC(OC(=O)O)CC1. The average Bonchev–Trinajstić information content (AvgIpc) is 3.32. The molecule has 1 aliphatic rings. The first-order chi connectivity index (χ1) is 18.7. The maximum atomic E-state index is 12.7. The van der Waals surface area contributed by atoms with Crippen LogP contribution in [0.4, 0.5) is 4.79 Å². The van der Waals surface area contributed by atoms with Crippen molar-refractivity contribution in [2.24, 2.45) is 0 Å². The van der Waals surface area contributed by atoms with Crippen LogP contribution in [0.15, 0.2) is 47.0 Å². The molecule has 0 atom stereocenters. The van der Waals surface area contributed by atoms with Crippen LogP contribution in [-0.2, 0) is 9.53 Å². The lowest BCUT2D eigenvalue weighted by molar-refractivity contribution is -0.135. The highest BCUT2D eigenvalue weighted by Gasteiger charge is 2.25. The number of ether oxygens (including phenoxy) is 3. The zero-order chi connectivity index (χ0) is 27.5. The third kappa shape index (κ3) is 6.20. The van der Waals surface area contributed by atoms with E-state index in [1.165, 1.54) is 6.20 Å². The molecule has 0 saturated carbocycles. The zero-order valence-corrected chi connectivity index (χ0v) is 22.0. The maximum Gasteiger partial charge on any atom is 0.506 e. The summed E-state index contributed by atoms with van der Waals surface area (Å²) < 4.78 is 22.3. The second kappa shape index (κ2) is 11.2. The van der Waals surface area contributed by atoms with E-state index in [-0.39, 0.29) is 30.3 Å². The Hall–Kier alpha value is -4.38. The lowest BCUT2D eigenvalue weighted by atomic mass is 10.1. The predicted octanol–water partition coefficient (Wildman–Crippen LogP) is 5.41. The molecule has 39 heavy (non-hydrogen) atoms. The van der Waals surface area contributed by atoms with E-state index in [9.17, 15) is 9.59 Å². The summed E-state index contributed by atoms with van der Waals surface area (Å²) >= 11 is 6.01. The van der Waals surface area contributed by atoms with Gasteiger partial charge in [0.15, 0.2) is 6.61 Å². The summed E-state index contributed by atoms with van der Waals surface area (Å²) in [6, 6.07) is 10.7. The van der Waals surface area contributed by atoms with E-state index in [0.717, 1.165) is 16.7 Å². The first kappa shape index (κ1) is 26.2. The highest BCUT2D eigenvalue weighted by Crippen LogP contribution is 2.32. The largest absolute Gasteiger partial charge is 0.506 e. The Kier molecular flexibility index (Phi) is 7.51. The van der Waals surface area contributed by atoms with Crippen molar-refractivity contribution >= 4 is 34.9 Å². The molecule has 0 spiro atoms. The van der Waals surface area contributed by atoms with Crippen molar-refractivity contribution < 1.29 is 33.3 Å². The van der Waals surface area contributed by atoms with Gasteiger partial charge in [0.2, 0.25) is 5.89 Å². The minimum atomic E-state index is -1.30. The summed E-state index contributed by atoms with van der Waals surface area (Å²) in [5.41, 5.74) is 3.09. The number of carboxylic acid groups (broad SMARTS) is 1. The number of benzene rings is 2. The van der Waals surface area contributed by atoms with Crippen LogP contribution in [0.2, 0.25) is 5.02 Å². The number of hydrogen-bond donors (Lipinski definition) is 1. The van der Waals surface area contributed by atoms with E-state index in [1.54, 1.807) is 29.2 Å². The van der Waals surface area contributed by atoms with Crippen molar-refractivity contribution in [2.75, 3.05) is 19.7 Å². The quantitative estimate of drug-likeness (QED) is 0.296. The fourth-order valence-electron chi connectivity index (χ4n) is 4.42. The lowest BCUT2D eigenvalue weighted by Crippen LogP contribution is -2.43. The third-order valence-corrected chi connectivity index (χ3v) is 6.48. The molecular weight excluding hydrogens is 528 g/mol. The van der Waals surface area contributed by atoms with Crippen molar-refractivity contribution in [3.63, 3.8) is 0 Å². The summed E-state index contributed by atoms with van der Waals surface area (Å²) in [5.74, 6) is 1.29. The average molecular weight is 553 g/mol. The monoisotopic (exact) mass is 552 g/mol.